The molecule has 1 saturated heterocycles. The van der Waals surface area contributed by atoms with E-state index in [2.05, 4.69) is 57.0 Å². The Bertz CT molecular complexity index is 190. The molecular weight excluding hydrogens is 236 g/mol. The Morgan fingerprint density at radius 2 is 1.67 bits per heavy atom. The average molecular weight is 263 g/mol. The summed E-state index contributed by atoms with van der Waals surface area (Å²) < 4.78 is 0.580. The molecule has 1 rings (SSSR count). The summed E-state index contributed by atoms with van der Waals surface area (Å²) in [6, 6.07) is 1.49. The third-order valence-corrected chi connectivity index (χ3v) is 8.08. The summed E-state index contributed by atoms with van der Waals surface area (Å²) in [5.41, 5.74) is 0. The highest BCUT2D eigenvalue weighted by Crippen LogP contribution is 2.51. The summed E-state index contributed by atoms with van der Waals surface area (Å²) in [7, 11) is -0.925. The van der Waals surface area contributed by atoms with Crippen molar-refractivity contribution >= 4 is 31.6 Å². The van der Waals surface area contributed by atoms with Crippen molar-refractivity contribution in [3.05, 3.63) is 0 Å². The van der Waals surface area contributed by atoms with Crippen LogP contribution in [-0.4, -0.2) is 23.7 Å². The summed E-state index contributed by atoms with van der Waals surface area (Å²) in [5.74, 6) is 3.63. The zero-order chi connectivity index (χ0) is 11.5. The monoisotopic (exact) mass is 262 g/mol. The molecule has 1 heterocycles. The second-order valence-electron chi connectivity index (χ2n) is 6.30. The lowest BCUT2D eigenvalue weighted by Gasteiger charge is -2.41. The summed E-state index contributed by atoms with van der Waals surface area (Å²) in [6.45, 7) is 12.3. The van der Waals surface area contributed by atoms with Crippen molar-refractivity contribution in [2.24, 2.45) is 5.92 Å². The van der Waals surface area contributed by atoms with Gasteiger partial charge in [-0.3, -0.25) is 0 Å². The van der Waals surface area contributed by atoms with Gasteiger partial charge in [0.05, 0.1) is 4.08 Å². The normalized spacial score (nSPS) is 22.0. The average Bonchev–Trinajstić information content (AvgIpc) is 1.99. The van der Waals surface area contributed by atoms with E-state index in [4.69, 9.17) is 0 Å². The van der Waals surface area contributed by atoms with Crippen LogP contribution in [0, 0.1) is 5.92 Å². The predicted octanol–water partition coefficient (Wildman–Crippen LogP) is 4.94. The van der Waals surface area contributed by atoms with Crippen LogP contribution in [0.2, 0.25) is 25.7 Å². The van der Waals surface area contributed by atoms with E-state index in [9.17, 15) is 0 Å². The van der Waals surface area contributed by atoms with E-state index in [1.54, 1.807) is 0 Å². The summed E-state index contributed by atoms with van der Waals surface area (Å²) in [5, 5.41) is 0. The van der Waals surface area contributed by atoms with Crippen molar-refractivity contribution < 1.29 is 0 Å². The molecule has 0 unspecified atom stereocenters. The molecule has 0 nitrogen and oxygen atoms in total. The second-order valence-corrected chi connectivity index (χ2v) is 15.0. The predicted molar refractivity (Wildman–Crippen MR) is 79.9 cm³/mol. The molecule has 0 atom stereocenters. The fourth-order valence-electron chi connectivity index (χ4n) is 2.34. The first-order valence-corrected chi connectivity index (χ1v) is 11.8. The maximum atomic E-state index is 2.52. The third kappa shape index (κ3) is 5.18. The SMILES string of the molecule is CC(C)CC1(C[Si](C)(C)C)SCCCS1. The first-order valence-electron chi connectivity index (χ1n) is 6.11. The van der Waals surface area contributed by atoms with Crippen LogP contribution in [0.1, 0.15) is 26.7 Å². The second kappa shape index (κ2) is 5.50. The molecule has 0 aromatic heterocycles. The minimum Gasteiger partial charge on any atom is -0.144 e. The maximum absolute atomic E-state index is 2.52. The van der Waals surface area contributed by atoms with E-state index in [-0.39, 0.29) is 0 Å². The Labute approximate surface area is 105 Å². The van der Waals surface area contributed by atoms with Gasteiger partial charge in [-0.2, -0.15) is 0 Å². The molecule has 0 amide bonds. The Hall–Kier alpha value is 0.917. The Balaban J connectivity index is 2.66. The standard InChI is InChI=1S/C12H26S2Si/c1-11(2)9-12(10-15(3,4)5)13-7-6-8-14-12/h11H,6-10H2,1-5H3. The highest BCUT2D eigenvalue weighted by atomic mass is 32.2. The molecule has 0 spiro atoms. The molecule has 0 aromatic rings. The van der Waals surface area contributed by atoms with Gasteiger partial charge >= 0.3 is 0 Å². The quantitative estimate of drug-likeness (QED) is 0.658. The zero-order valence-electron chi connectivity index (χ0n) is 10.9. The molecule has 1 fully saturated rings. The lowest BCUT2D eigenvalue weighted by Crippen LogP contribution is -2.36. The number of hydrogen-bond donors (Lipinski definition) is 0. The molecule has 0 saturated carbocycles. The molecule has 0 aromatic carbocycles. The van der Waals surface area contributed by atoms with Crippen LogP contribution in [0.5, 0.6) is 0 Å². The van der Waals surface area contributed by atoms with Gasteiger partial charge in [0.25, 0.3) is 0 Å². The number of thioether (sulfide) groups is 2. The summed E-state index contributed by atoms with van der Waals surface area (Å²) in [4.78, 5) is 0. The van der Waals surface area contributed by atoms with Gasteiger partial charge in [0.2, 0.25) is 0 Å². The molecule has 1 aliphatic heterocycles. The smallest absolute Gasteiger partial charge is 0.0590 e. The van der Waals surface area contributed by atoms with Crippen LogP contribution in [0.4, 0.5) is 0 Å². The molecule has 0 N–H and O–H groups in total. The first-order chi connectivity index (χ1) is 6.83. The van der Waals surface area contributed by atoms with E-state index in [0.29, 0.717) is 4.08 Å². The molecule has 0 aliphatic carbocycles. The van der Waals surface area contributed by atoms with Gasteiger partial charge in [-0.15, -0.1) is 23.5 Å². The molecule has 0 bridgehead atoms. The minimum absolute atomic E-state index is 0.580. The van der Waals surface area contributed by atoms with Gasteiger partial charge in [0.1, 0.15) is 0 Å². The third-order valence-electron chi connectivity index (χ3n) is 2.54. The highest BCUT2D eigenvalue weighted by molar-refractivity contribution is 8.18. The van der Waals surface area contributed by atoms with Crippen LogP contribution >= 0.6 is 23.5 Å². The van der Waals surface area contributed by atoms with Crippen LogP contribution in [-0.2, 0) is 0 Å². The fraction of sp³-hybridized carbons (Fsp3) is 1.00. The van der Waals surface area contributed by atoms with Gasteiger partial charge in [0, 0.05) is 8.07 Å². The fourth-order valence-corrected chi connectivity index (χ4v) is 10.8. The van der Waals surface area contributed by atoms with Gasteiger partial charge in [-0.25, -0.2) is 0 Å². The molecule has 1 aliphatic rings. The Morgan fingerprint density at radius 3 is 2.07 bits per heavy atom. The molecule has 15 heavy (non-hydrogen) atoms. The van der Waals surface area contributed by atoms with Crippen molar-refractivity contribution in [1.29, 1.82) is 0 Å². The molecular formula is C12H26S2Si. The maximum Gasteiger partial charge on any atom is 0.0590 e. The minimum atomic E-state index is -0.925. The summed E-state index contributed by atoms with van der Waals surface area (Å²) >= 11 is 4.53. The van der Waals surface area contributed by atoms with Crippen molar-refractivity contribution in [3.63, 3.8) is 0 Å². The van der Waals surface area contributed by atoms with E-state index >= 15 is 0 Å². The topological polar surface area (TPSA) is 0 Å². The van der Waals surface area contributed by atoms with Crippen LogP contribution in [0.25, 0.3) is 0 Å². The Morgan fingerprint density at radius 1 is 1.13 bits per heavy atom. The van der Waals surface area contributed by atoms with E-state index < -0.39 is 8.07 Å². The molecule has 0 radical (unpaired) electrons. The van der Waals surface area contributed by atoms with Crippen LogP contribution in [0.15, 0.2) is 0 Å². The van der Waals surface area contributed by atoms with E-state index in [0.717, 1.165) is 5.92 Å². The van der Waals surface area contributed by atoms with Crippen LogP contribution < -0.4 is 0 Å². The van der Waals surface area contributed by atoms with Gasteiger partial charge in [0.15, 0.2) is 0 Å². The zero-order valence-corrected chi connectivity index (χ0v) is 13.6. The molecule has 3 heteroatoms. The van der Waals surface area contributed by atoms with Crippen molar-refractivity contribution in [3.8, 4) is 0 Å². The van der Waals surface area contributed by atoms with Crippen LogP contribution in [0.3, 0.4) is 0 Å². The number of rotatable bonds is 4. The van der Waals surface area contributed by atoms with Gasteiger partial charge in [-0.05, 0) is 36.3 Å². The summed E-state index contributed by atoms with van der Waals surface area (Å²) in [6.07, 6.45) is 2.83. The molecule has 90 valence electrons. The lowest BCUT2D eigenvalue weighted by atomic mass is 10.1. The van der Waals surface area contributed by atoms with Gasteiger partial charge < -0.3 is 0 Å². The lowest BCUT2D eigenvalue weighted by molar-refractivity contribution is 0.560. The largest absolute Gasteiger partial charge is 0.144 e. The van der Waals surface area contributed by atoms with Crippen molar-refractivity contribution in [2.75, 3.05) is 11.5 Å². The van der Waals surface area contributed by atoms with E-state index in [1.807, 2.05) is 0 Å². The number of hydrogen-bond acceptors (Lipinski definition) is 2. The van der Waals surface area contributed by atoms with Crippen molar-refractivity contribution in [2.45, 2.75) is 56.5 Å². The Kier molecular flexibility index (Phi) is 5.13. The highest BCUT2D eigenvalue weighted by Gasteiger charge is 2.38. The van der Waals surface area contributed by atoms with Crippen molar-refractivity contribution in [1.82, 2.24) is 0 Å². The first kappa shape index (κ1) is 14.0. The van der Waals surface area contributed by atoms with E-state index in [1.165, 1.54) is 30.4 Å². The van der Waals surface area contributed by atoms with Gasteiger partial charge in [-0.1, -0.05) is 33.5 Å².